The van der Waals surface area contributed by atoms with Gasteiger partial charge in [0, 0.05) is 42.7 Å². The number of nitrogens with zero attached hydrogens (tertiary/aromatic N) is 2. The molecule has 0 bridgehead atoms. The smallest absolute Gasteiger partial charge is 0.255 e. The molecule has 2 atom stereocenters. The van der Waals surface area contributed by atoms with Gasteiger partial charge in [0.15, 0.2) is 0 Å². The summed E-state index contributed by atoms with van der Waals surface area (Å²) in [5, 5.41) is 3.27. The van der Waals surface area contributed by atoms with Gasteiger partial charge in [0.2, 0.25) is 10.0 Å². The fourth-order valence-corrected chi connectivity index (χ4v) is 6.16. The number of rotatable bonds is 3. The van der Waals surface area contributed by atoms with Crippen LogP contribution in [0.1, 0.15) is 41.7 Å². The fourth-order valence-electron chi connectivity index (χ4n) is 5.20. The Hall–Kier alpha value is -2.56. The summed E-state index contributed by atoms with van der Waals surface area (Å²) in [6, 6.07) is 9.47. The zero-order valence-electron chi connectivity index (χ0n) is 19.3. The monoisotopic (exact) mass is 505 g/mol. The van der Waals surface area contributed by atoms with E-state index in [0.717, 1.165) is 24.9 Å². The van der Waals surface area contributed by atoms with Crippen molar-refractivity contribution in [1.29, 1.82) is 0 Å². The first-order chi connectivity index (χ1) is 15.7. The van der Waals surface area contributed by atoms with E-state index in [1.807, 2.05) is 6.07 Å². The van der Waals surface area contributed by atoms with Gasteiger partial charge in [0.05, 0.1) is 17.5 Å². The lowest BCUT2D eigenvalue weighted by Crippen LogP contribution is -2.40. The molecule has 1 saturated heterocycles. The van der Waals surface area contributed by atoms with Crippen LogP contribution in [0.25, 0.3) is 22.3 Å². The van der Waals surface area contributed by atoms with Gasteiger partial charge in [0.25, 0.3) is 5.91 Å². The number of benzene rings is 2. The number of anilines is 1. The molecule has 3 aromatic rings. The number of carbonyl (C=O) groups excluding carboxylic acids is 1. The van der Waals surface area contributed by atoms with Gasteiger partial charge in [-0.3, -0.25) is 14.0 Å². The first-order valence-electron chi connectivity index (χ1n) is 11.0. The average molecular weight is 506 g/mol. The Morgan fingerprint density at radius 3 is 2.56 bits per heavy atom. The van der Waals surface area contributed by atoms with Crippen LogP contribution in [-0.4, -0.2) is 51.7 Å². The minimum absolute atomic E-state index is 0. The Balaban J connectivity index is 0.00000274. The van der Waals surface area contributed by atoms with Crippen LogP contribution in [0, 0.1) is 5.82 Å². The Morgan fingerprint density at radius 2 is 1.91 bits per heavy atom. The van der Waals surface area contributed by atoms with Crippen molar-refractivity contribution in [1.82, 2.24) is 10.2 Å². The Kier molecular flexibility index (Phi) is 6.43. The molecule has 10 heteroatoms. The highest BCUT2D eigenvalue weighted by Gasteiger charge is 2.39. The van der Waals surface area contributed by atoms with Gasteiger partial charge in [-0.05, 0) is 62.2 Å². The van der Waals surface area contributed by atoms with Crippen molar-refractivity contribution in [2.45, 2.75) is 31.8 Å². The lowest BCUT2D eigenvalue weighted by atomic mass is 9.99. The largest absolute Gasteiger partial charge is 0.455 e. The number of nitrogens with one attached hydrogen (secondary N) is 1. The molecule has 1 unspecified atom stereocenters. The predicted molar refractivity (Wildman–Crippen MR) is 136 cm³/mol. The van der Waals surface area contributed by atoms with E-state index in [1.165, 1.54) is 22.7 Å². The number of amides is 1. The average Bonchev–Trinajstić information content (AvgIpc) is 3.37. The topological polar surface area (TPSA) is 82.9 Å². The SMILES string of the molecule is CNC(=O)c1c(-c2ccc(F)cc2)oc2cc3c(cc12)C(C)N1CCC[C@H]1CN3S(C)(=O)=O.S. The maximum Gasteiger partial charge on any atom is 0.255 e. The van der Waals surface area contributed by atoms with E-state index in [1.54, 1.807) is 25.2 Å². The van der Waals surface area contributed by atoms with Crippen molar-refractivity contribution >= 4 is 46.1 Å². The maximum absolute atomic E-state index is 13.5. The second-order valence-electron chi connectivity index (χ2n) is 8.80. The van der Waals surface area contributed by atoms with Crippen LogP contribution in [-0.2, 0) is 10.0 Å². The van der Waals surface area contributed by atoms with Crippen molar-refractivity contribution in [3.05, 3.63) is 53.3 Å². The number of sulfonamides is 1. The zero-order valence-corrected chi connectivity index (χ0v) is 21.1. The lowest BCUT2D eigenvalue weighted by molar-refractivity contribution is 0.0964. The summed E-state index contributed by atoms with van der Waals surface area (Å²) in [6.45, 7) is 3.36. The zero-order chi connectivity index (χ0) is 23.5. The molecule has 0 radical (unpaired) electrons. The normalized spacial score (nSPS) is 20.4. The van der Waals surface area contributed by atoms with Gasteiger partial charge in [-0.25, -0.2) is 12.8 Å². The van der Waals surface area contributed by atoms with Crippen LogP contribution in [0.2, 0.25) is 0 Å². The number of hydrogen-bond donors (Lipinski definition) is 1. The quantitative estimate of drug-likeness (QED) is 0.582. The molecule has 1 amide bonds. The summed E-state index contributed by atoms with van der Waals surface area (Å²) in [5.74, 6) is -0.392. The molecule has 1 N–H and O–H groups in total. The molecule has 0 spiro atoms. The van der Waals surface area contributed by atoms with E-state index in [4.69, 9.17) is 4.42 Å². The van der Waals surface area contributed by atoms with Crippen LogP contribution in [0.5, 0.6) is 0 Å². The van der Waals surface area contributed by atoms with E-state index < -0.39 is 10.0 Å². The number of hydrogen-bond acceptors (Lipinski definition) is 5. The molecule has 2 aliphatic heterocycles. The van der Waals surface area contributed by atoms with E-state index >= 15 is 0 Å². The van der Waals surface area contributed by atoms with Gasteiger partial charge in [-0.2, -0.15) is 13.5 Å². The predicted octanol–water partition coefficient (Wildman–Crippen LogP) is 4.02. The molecule has 34 heavy (non-hydrogen) atoms. The molecule has 7 nitrogen and oxygen atoms in total. The van der Waals surface area contributed by atoms with Gasteiger partial charge < -0.3 is 9.73 Å². The molecule has 3 heterocycles. The van der Waals surface area contributed by atoms with Gasteiger partial charge in [-0.15, -0.1) is 0 Å². The summed E-state index contributed by atoms with van der Waals surface area (Å²) >= 11 is 0. The highest BCUT2D eigenvalue weighted by atomic mass is 32.2. The maximum atomic E-state index is 13.5. The van der Waals surface area contributed by atoms with Crippen LogP contribution in [0.15, 0.2) is 40.8 Å². The van der Waals surface area contributed by atoms with E-state index in [2.05, 4.69) is 17.1 Å². The van der Waals surface area contributed by atoms with Crippen molar-refractivity contribution in [2.24, 2.45) is 0 Å². The minimum atomic E-state index is -3.53. The van der Waals surface area contributed by atoms with Crippen molar-refractivity contribution < 1.29 is 22.0 Å². The Morgan fingerprint density at radius 1 is 1.21 bits per heavy atom. The first-order valence-corrected chi connectivity index (χ1v) is 12.9. The third kappa shape index (κ3) is 3.97. The van der Waals surface area contributed by atoms with Gasteiger partial charge in [0.1, 0.15) is 17.2 Å². The number of furan rings is 1. The third-order valence-corrected chi connectivity index (χ3v) is 7.96. The number of fused-ring (bicyclic) bond motifs is 3. The van der Waals surface area contributed by atoms with Gasteiger partial charge >= 0.3 is 0 Å². The molecule has 1 aromatic heterocycles. The van der Waals surface area contributed by atoms with Gasteiger partial charge in [-0.1, -0.05) is 0 Å². The minimum Gasteiger partial charge on any atom is -0.455 e. The summed E-state index contributed by atoms with van der Waals surface area (Å²) < 4.78 is 46.7. The molecular weight excluding hydrogens is 477 g/mol. The molecule has 1 fully saturated rings. The van der Waals surface area contributed by atoms with E-state index in [-0.39, 0.29) is 37.3 Å². The second kappa shape index (κ2) is 8.90. The van der Waals surface area contributed by atoms with Crippen molar-refractivity contribution in [2.75, 3.05) is 30.7 Å². The van der Waals surface area contributed by atoms with Crippen molar-refractivity contribution in [3.63, 3.8) is 0 Å². The summed E-state index contributed by atoms with van der Waals surface area (Å²) in [4.78, 5) is 15.3. The highest BCUT2D eigenvalue weighted by molar-refractivity contribution is 7.92. The Labute approximate surface area is 205 Å². The molecular formula is C24H28FN3O4S2. The number of halogens is 1. The van der Waals surface area contributed by atoms with Crippen molar-refractivity contribution in [3.8, 4) is 11.3 Å². The Bertz CT molecular complexity index is 1350. The summed E-state index contributed by atoms with van der Waals surface area (Å²) in [5.41, 5.74) is 2.74. The molecule has 2 aliphatic rings. The first kappa shape index (κ1) is 24.6. The molecule has 0 aliphatic carbocycles. The standard InChI is InChI=1S/C24H26FN3O4S.H2S/c1-14-18-11-19-21(12-20(18)28(33(3,30)31)13-17-5-4-10-27(14)17)32-23(22(19)24(29)26-2)15-6-8-16(25)9-7-15;/h6-9,11-12,14,17H,4-5,10,13H2,1-3H3,(H,26,29);1H2/t14?,17-;/m0./s1. The van der Waals surface area contributed by atoms with Crippen LogP contribution in [0.3, 0.4) is 0 Å². The van der Waals surface area contributed by atoms with E-state index in [9.17, 15) is 17.6 Å². The number of carbonyl (C=O) groups is 1. The van der Waals surface area contributed by atoms with E-state index in [0.29, 0.717) is 40.1 Å². The fraction of sp³-hybridized carbons (Fsp3) is 0.375. The van der Waals surface area contributed by atoms with Crippen LogP contribution in [0.4, 0.5) is 10.1 Å². The van der Waals surface area contributed by atoms with Crippen LogP contribution < -0.4 is 9.62 Å². The van der Waals surface area contributed by atoms with Crippen LogP contribution >= 0.6 is 13.5 Å². The highest BCUT2D eigenvalue weighted by Crippen LogP contribution is 2.44. The third-order valence-electron chi connectivity index (χ3n) is 6.81. The molecule has 182 valence electrons. The lowest BCUT2D eigenvalue weighted by Gasteiger charge is -2.28. The summed E-state index contributed by atoms with van der Waals surface area (Å²) in [7, 11) is -1.99. The molecule has 0 saturated carbocycles. The second-order valence-corrected chi connectivity index (χ2v) is 10.7. The summed E-state index contributed by atoms with van der Waals surface area (Å²) in [6.07, 6.45) is 3.19. The molecule has 5 rings (SSSR count). The molecule has 2 aromatic carbocycles.